The van der Waals surface area contributed by atoms with Crippen molar-refractivity contribution in [2.45, 2.75) is 27.2 Å². The Morgan fingerprint density at radius 3 is 2.67 bits per heavy atom. The number of nitrogens with zero attached hydrogens (tertiary/aromatic N) is 2. The van der Waals surface area contributed by atoms with Gasteiger partial charge < -0.3 is 0 Å². The van der Waals surface area contributed by atoms with Gasteiger partial charge in [0, 0.05) is 5.38 Å². The Labute approximate surface area is 76.9 Å². The Kier molecular flexibility index (Phi) is 2.49. The lowest BCUT2D eigenvalue weighted by Gasteiger charge is -2.15. The lowest BCUT2D eigenvalue weighted by molar-refractivity contribution is 0.407. The first-order valence-corrected chi connectivity index (χ1v) is 4.74. The minimum absolute atomic E-state index is 0.251. The van der Waals surface area contributed by atoms with Gasteiger partial charge in [0.25, 0.3) is 0 Å². The molecule has 12 heavy (non-hydrogen) atoms. The van der Waals surface area contributed by atoms with Crippen molar-refractivity contribution in [1.29, 1.82) is 5.26 Å². The summed E-state index contributed by atoms with van der Waals surface area (Å²) in [4.78, 5) is 4.17. The van der Waals surface area contributed by atoms with E-state index in [1.165, 1.54) is 11.3 Å². The maximum atomic E-state index is 8.55. The van der Waals surface area contributed by atoms with Crippen molar-refractivity contribution in [3.8, 4) is 6.07 Å². The monoisotopic (exact) mass is 180 g/mol. The van der Waals surface area contributed by atoms with E-state index < -0.39 is 0 Å². The van der Waals surface area contributed by atoms with Crippen molar-refractivity contribution in [2.75, 3.05) is 0 Å². The Morgan fingerprint density at radius 2 is 2.25 bits per heavy atom. The highest BCUT2D eigenvalue weighted by Gasteiger charge is 2.13. The molecule has 0 spiro atoms. The molecule has 0 amide bonds. The minimum atomic E-state index is 0.251. The van der Waals surface area contributed by atoms with Crippen molar-refractivity contribution in [3.05, 3.63) is 16.1 Å². The fourth-order valence-electron chi connectivity index (χ4n) is 0.983. The van der Waals surface area contributed by atoms with E-state index in [-0.39, 0.29) is 5.41 Å². The lowest BCUT2D eigenvalue weighted by Crippen LogP contribution is -2.09. The fraction of sp³-hybridized carbons (Fsp3) is 0.556. The summed E-state index contributed by atoms with van der Waals surface area (Å²) in [6, 6.07) is 2.04. The predicted molar refractivity (Wildman–Crippen MR) is 50.0 cm³/mol. The molecule has 3 heteroatoms. The van der Waals surface area contributed by atoms with Gasteiger partial charge in [0.05, 0.1) is 5.69 Å². The van der Waals surface area contributed by atoms with Gasteiger partial charge in [-0.3, -0.25) is 0 Å². The highest BCUT2D eigenvalue weighted by molar-refractivity contribution is 7.10. The van der Waals surface area contributed by atoms with Crippen LogP contribution in [0.15, 0.2) is 5.38 Å². The number of nitriles is 1. The van der Waals surface area contributed by atoms with Crippen molar-refractivity contribution in [1.82, 2.24) is 4.98 Å². The molecule has 0 aliphatic heterocycles. The van der Waals surface area contributed by atoms with Crippen LogP contribution in [0.4, 0.5) is 0 Å². The first kappa shape index (κ1) is 9.21. The van der Waals surface area contributed by atoms with E-state index in [1.54, 1.807) is 0 Å². The summed E-state index contributed by atoms with van der Waals surface area (Å²) in [5.74, 6) is 0. The van der Waals surface area contributed by atoms with Crippen LogP contribution in [-0.4, -0.2) is 4.98 Å². The smallest absolute Gasteiger partial charge is 0.194 e. The second-order valence-electron chi connectivity index (χ2n) is 3.99. The number of thiazole rings is 1. The van der Waals surface area contributed by atoms with Gasteiger partial charge in [-0.05, 0) is 11.8 Å². The third-order valence-corrected chi connectivity index (χ3v) is 2.15. The van der Waals surface area contributed by atoms with Gasteiger partial charge in [0.15, 0.2) is 5.01 Å². The van der Waals surface area contributed by atoms with Gasteiger partial charge in [-0.25, -0.2) is 4.98 Å². The van der Waals surface area contributed by atoms with Crippen LogP contribution < -0.4 is 0 Å². The second kappa shape index (κ2) is 3.24. The van der Waals surface area contributed by atoms with E-state index in [0.29, 0.717) is 5.01 Å². The average molecular weight is 180 g/mol. The van der Waals surface area contributed by atoms with Crippen LogP contribution in [0.5, 0.6) is 0 Å². The van der Waals surface area contributed by atoms with Crippen LogP contribution in [0, 0.1) is 16.7 Å². The molecule has 1 aromatic heterocycles. The molecular weight excluding hydrogens is 168 g/mol. The van der Waals surface area contributed by atoms with E-state index in [2.05, 4.69) is 25.8 Å². The van der Waals surface area contributed by atoms with Crippen LogP contribution in [0.3, 0.4) is 0 Å². The highest BCUT2D eigenvalue weighted by Crippen LogP contribution is 2.21. The molecule has 64 valence electrons. The molecule has 2 nitrogen and oxygen atoms in total. The highest BCUT2D eigenvalue weighted by atomic mass is 32.1. The SMILES string of the molecule is CC(C)(C)Cc1csc(C#N)n1. The summed E-state index contributed by atoms with van der Waals surface area (Å²) in [5, 5.41) is 11.1. The molecular formula is C9H12N2S. The van der Waals surface area contributed by atoms with Crippen molar-refractivity contribution < 1.29 is 0 Å². The van der Waals surface area contributed by atoms with E-state index in [4.69, 9.17) is 5.26 Å². The van der Waals surface area contributed by atoms with Crippen LogP contribution in [0.2, 0.25) is 0 Å². The third kappa shape index (κ3) is 2.63. The van der Waals surface area contributed by atoms with Gasteiger partial charge in [0.1, 0.15) is 6.07 Å². The average Bonchev–Trinajstić information content (AvgIpc) is 2.32. The zero-order valence-electron chi connectivity index (χ0n) is 7.59. The molecule has 0 saturated carbocycles. The molecule has 1 heterocycles. The molecule has 0 aromatic carbocycles. The number of hydrogen-bond donors (Lipinski definition) is 0. The molecule has 1 rings (SSSR count). The summed E-state index contributed by atoms with van der Waals surface area (Å²) in [6.07, 6.45) is 0.936. The summed E-state index contributed by atoms with van der Waals surface area (Å²) >= 11 is 1.42. The summed E-state index contributed by atoms with van der Waals surface area (Å²) < 4.78 is 0. The minimum Gasteiger partial charge on any atom is -0.231 e. The fourth-order valence-corrected chi connectivity index (χ4v) is 1.59. The molecule has 0 fully saturated rings. The third-order valence-electron chi connectivity index (χ3n) is 1.36. The molecule has 0 aliphatic rings. The van der Waals surface area contributed by atoms with Crippen LogP contribution in [0.1, 0.15) is 31.5 Å². The molecule has 0 aliphatic carbocycles. The normalized spacial score (nSPS) is 11.2. The largest absolute Gasteiger partial charge is 0.231 e. The maximum absolute atomic E-state index is 8.55. The zero-order valence-corrected chi connectivity index (χ0v) is 8.40. The zero-order chi connectivity index (χ0) is 9.19. The summed E-state index contributed by atoms with van der Waals surface area (Å²) in [7, 11) is 0. The summed E-state index contributed by atoms with van der Waals surface area (Å²) in [6.45, 7) is 6.50. The van der Waals surface area contributed by atoms with Gasteiger partial charge in [-0.2, -0.15) is 5.26 Å². The number of aromatic nitrogens is 1. The van der Waals surface area contributed by atoms with Gasteiger partial charge in [-0.1, -0.05) is 20.8 Å². The van der Waals surface area contributed by atoms with Crippen LogP contribution >= 0.6 is 11.3 Å². The molecule has 1 aromatic rings. The van der Waals surface area contributed by atoms with Crippen molar-refractivity contribution >= 4 is 11.3 Å². The first-order valence-electron chi connectivity index (χ1n) is 3.86. The Balaban J connectivity index is 2.72. The molecule has 0 bridgehead atoms. The van der Waals surface area contributed by atoms with Gasteiger partial charge in [0.2, 0.25) is 0 Å². The predicted octanol–water partition coefficient (Wildman–Crippen LogP) is 2.60. The van der Waals surface area contributed by atoms with E-state index in [1.807, 2.05) is 11.4 Å². The summed E-state index contributed by atoms with van der Waals surface area (Å²) in [5.41, 5.74) is 1.28. The van der Waals surface area contributed by atoms with Crippen molar-refractivity contribution in [3.63, 3.8) is 0 Å². The second-order valence-corrected chi connectivity index (χ2v) is 4.85. The van der Waals surface area contributed by atoms with Gasteiger partial charge in [-0.15, -0.1) is 11.3 Å². The first-order chi connectivity index (χ1) is 5.51. The standard InChI is InChI=1S/C9H12N2S/c1-9(2,3)4-7-6-12-8(5-10)11-7/h6H,4H2,1-3H3. The quantitative estimate of drug-likeness (QED) is 0.666. The Hall–Kier alpha value is -0.880. The van der Waals surface area contributed by atoms with E-state index >= 15 is 0 Å². The molecule has 0 atom stereocenters. The van der Waals surface area contributed by atoms with Crippen LogP contribution in [0.25, 0.3) is 0 Å². The van der Waals surface area contributed by atoms with E-state index in [9.17, 15) is 0 Å². The van der Waals surface area contributed by atoms with Gasteiger partial charge >= 0.3 is 0 Å². The molecule has 0 N–H and O–H groups in total. The molecule has 0 saturated heterocycles. The number of rotatable bonds is 1. The maximum Gasteiger partial charge on any atom is 0.194 e. The van der Waals surface area contributed by atoms with Crippen LogP contribution in [-0.2, 0) is 6.42 Å². The molecule has 0 radical (unpaired) electrons. The topological polar surface area (TPSA) is 36.7 Å². The lowest BCUT2D eigenvalue weighted by atomic mass is 9.91. The Bertz CT molecular complexity index is 301. The van der Waals surface area contributed by atoms with Crippen molar-refractivity contribution in [2.24, 2.45) is 5.41 Å². The Morgan fingerprint density at radius 1 is 1.58 bits per heavy atom. The number of hydrogen-bond acceptors (Lipinski definition) is 3. The van der Waals surface area contributed by atoms with E-state index in [0.717, 1.165) is 12.1 Å². The molecule has 0 unspecified atom stereocenters.